The van der Waals surface area contributed by atoms with E-state index in [4.69, 9.17) is 5.11 Å². The standard InChI is InChI=1S/C13H9N5O3/c19-12(8-6-15-18-5-4-14-7-10(8)18)17-11-3-1-2-9(16-11)13(20)21/h1-7H,(H,20,21)(H,16,17,19). The maximum Gasteiger partial charge on any atom is 0.354 e. The number of nitrogens with one attached hydrogen (secondary N) is 1. The van der Waals surface area contributed by atoms with Crippen LogP contribution in [0.5, 0.6) is 0 Å². The summed E-state index contributed by atoms with van der Waals surface area (Å²) < 4.78 is 1.52. The van der Waals surface area contributed by atoms with Crippen molar-refractivity contribution in [2.24, 2.45) is 0 Å². The van der Waals surface area contributed by atoms with Crippen molar-refractivity contribution in [1.29, 1.82) is 0 Å². The van der Waals surface area contributed by atoms with Gasteiger partial charge in [-0.05, 0) is 12.1 Å². The van der Waals surface area contributed by atoms with Crippen LogP contribution in [-0.4, -0.2) is 36.6 Å². The topological polar surface area (TPSA) is 109 Å². The average Bonchev–Trinajstić information content (AvgIpc) is 2.91. The second-order valence-electron chi connectivity index (χ2n) is 4.13. The SMILES string of the molecule is O=C(O)c1cccc(NC(=O)c2cnn3ccncc23)n1. The van der Waals surface area contributed by atoms with Crippen molar-refractivity contribution >= 4 is 23.2 Å². The Kier molecular flexibility index (Phi) is 3.03. The molecule has 0 fully saturated rings. The number of fused-ring (bicyclic) bond motifs is 1. The summed E-state index contributed by atoms with van der Waals surface area (Å²) in [6.45, 7) is 0. The van der Waals surface area contributed by atoms with E-state index in [0.29, 0.717) is 11.1 Å². The van der Waals surface area contributed by atoms with E-state index in [1.54, 1.807) is 12.4 Å². The first-order valence-electron chi connectivity index (χ1n) is 5.94. The number of amides is 1. The van der Waals surface area contributed by atoms with E-state index in [1.807, 2.05) is 0 Å². The highest BCUT2D eigenvalue weighted by Gasteiger charge is 2.14. The van der Waals surface area contributed by atoms with Gasteiger partial charge in [0.1, 0.15) is 5.82 Å². The Labute approximate surface area is 118 Å². The summed E-state index contributed by atoms with van der Waals surface area (Å²) in [6.07, 6.45) is 6.10. The van der Waals surface area contributed by atoms with Crippen LogP contribution in [0.2, 0.25) is 0 Å². The first-order chi connectivity index (χ1) is 10.1. The molecule has 8 heteroatoms. The number of hydrogen-bond acceptors (Lipinski definition) is 5. The summed E-state index contributed by atoms with van der Waals surface area (Å²) in [7, 11) is 0. The van der Waals surface area contributed by atoms with E-state index in [1.165, 1.54) is 35.1 Å². The van der Waals surface area contributed by atoms with Gasteiger partial charge < -0.3 is 10.4 Å². The van der Waals surface area contributed by atoms with Crippen molar-refractivity contribution < 1.29 is 14.7 Å². The molecule has 21 heavy (non-hydrogen) atoms. The van der Waals surface area contributed by atoms with Gasteiger partial charge in [-0.2, -0.15) is 5.10 Å². The number of aromatic carboxylic acids is 1. The van der Waals surface area contributed by atoms with Crippen LogP contribution in [-0.2, 0) is 0 Å². The van der Waals surface area contributed by atoms with Gasteiger partial charge in [-0.15, -0.1) is 0 Å². The van der Waals surface area contributed by atoms with Crippen LogP contribution in [0.25, 0.3) is 5.52 Å². The summed E-state index contributed by atoms with van der Waals surface area (Å²) in [4.78, 5) is 30.8. The molecule has 3 rings (SSSR count). The number of carbonyl (C=O) groups excluding carboxylic acids is 1. The number of rotatable bonds is 3. The Hall–Kier alpha value is -3.29. The van der Waals surface area contributed by atoms with Gasteiger partial charge in [-0.25, -0.2) is 14.3 Å². The summed E-state index contributed by atoms with van der Waals surface area (Å²) >= 11 is 0. The molecule has 0 aliphatic rings. The summed E-state index contributed by atoms with van der Waals surface area (Å²) in [5, 5.41) is 15.4. The Morgan fingerprint density at radius 1 is 1.24 bits per heavy atom. The molecule has 3 aromatic heterocycles. The van der Waals surface area contributed by atoms with Gasteiger partial charge in [-0.1, -0.05) is 6.07 Å². The number of anilines is 1. The molecular formula is C13H9N5O3. The molecule has 0 aliphatic heterocycles. The van der Waals surface area contributed by atoms with Crippen LogP contribution in [0.3, 0.4) is 0 Å². The third kappa shape index (κ3) is 2.41. The first kappa shape index (κ1) is 12.7. The molecule has 0 radical (unpaired) electrons. The van der Waals surface area contributed by atoms with Crippen molar-refractivity contribution in [3.05, 3.63) is 54.2 Å². The lowest BCUT2D eigenvalue weighted by molar-refractivity contribution is 0.0690. The smallest absolute Gasteiger partial charge is 0.354 e. The summed E-state index contributed by atoms with van der Waals surface area (Å²) in [5.41, 5.74) is 0.726. The molecular weight excluding hydrogens is 274 g/mol. The minimum absolute atomic E-state index is 0.144. The third-order valence-electron chi connectivity index (χ3n) is 2.78. The zero-order chi connectivity index (χ0) is 14.8. The third-order valence-corrected chi connectivity index (χ3v) is 2.78. The van der Waals surface area contributed by atoms with E-state index in [9.17, 15) is 9.59 Å². The van der Waals surface area contributed by atoms with Crippen molar-refractivity contribution in [3.8, 4) is 0 Å². The molecule has 3 aromatic rings. The zero-order valence-electron chi connectivity index (χ0n) is 10.6. The minimum Gasteiger partial charge on any atom is -0.477 e. The van der Waals surface area contributed by atoms with Gasteiger partial charge in [0.25, 0.3) is 5.91 Å². The lowest BCUT2D eigenvalue weighted by Gasteiger charge is -2.03. The van der Waals surface area contributed by atoms with Crippen LogP contribution >= 0.6 is 0 Å². The fourth-order valence-electron chi connectivity index (χ4n) is 1.82. The second-order valence-corrected chi connectivity index (χ2v) is 4.13. The molecule has 0 saturated heterocycles. The molecule has 2 N–H and O–H groups in total. The van der Waals surface area contributed by atoms with E-state index in [0.717, 1.165) is 0 Å². The number of carboxylic acids is 1. The first-order valence-corrected chi connectivity index (χ1v) is 5.94. The average molecular weight is 283 g/mol. The zero-order valence-corrected chi connectivity index (χ0v) is 10.6. The number of aromatic nitrogens is 4. The Morgan fingerprint density at radius 3 is 2.90 bits per heavy atom. The molecule has 0 bridgehead atoms. The summed E-state index contributed by atoms with van der Waals surface area (Å²) in [6, 6.07) is 4.36. The van der Waals surface area contributed by atoms with Crippen LogP contribution in [0, 0.1) is 0 Å². The maximum absolute atomic E-state index is 12.2. The van der Waals surface area contributed by atoms with Gasteiger partial charge in [0.05, 0.1) is 23.5 Å². The van der Waals surface area contributed by atoms with Gasteiger partial charge in [0.2, 0.25) is 0 Å². The number of pyridine rings is 1. The molecule has 8 nitrogen and oxygen atoms in total. The maximum atomic E-state index is 12.2. The lowest BCUT2D eigenvalue weighted by atomic mass is 10.2. The molecule has 104 valence electrons. The van der Waals surface area contributed by atoms with Crippen LogP contribution in [0.15, 0.2) is 43.0 Å². The number of carboxylic acid groups (broad SMARTS) is 1. The number of carbonyl (C=O) groups is 2. The largest absolute Gasteiger partial charge is 0.477 e. The Bertz CT molecular complexity index is 842. The minimum atomic E-state index is -1.16. The van der Waals surface area contributed by atoms with Crippen molar-refractivity contribution in [2.45, 2.75) is 0 Å². The van der Waals surface area contributed by atoms with Crippen molar-refractivity contribution in [3.63, 3.8) is 0 Å². The van der Waals surface area contributed by atoms with E-state index < -0.39 is 11.9 Å². The molecule has 0 aromatic carbocycles. The summed E-state index contributed by atoms with van der Waals surface area (Å²) in [5.74, 6) is -1.44. The van der Waals surface area contributed by atoms with Crippen LogP contribution in [0.4, 0.5) is 5.82 Å². The molecule has 0 saturated carbocycles. The number of nitrogens with zero attached hydrogens (tertiary/aromatic N) is 4. The van der Waals surface area contributed by atoms with Crippen molar-refractivity contribution in [1.82, 2.24) is 19.6 Å². The van der Waals surface area contributed by atoms with Crippen LogP contribution < -0.4 is 5.32 Å². The molecule has 0 atom stereocenters. The molecule has 3 heterocycles. The second kappa shape index (κ2) is 5.00. The normalized spacial score (nSPS) is 10.5. The monoisotopic (exact) mass is 283 g/mol. The van der Waals surface area contributed by atoms with Gasteiger partial charge in [0.15, 0.2) is 5.69 Å². The highest BCUT2D eigenvalue weighted by atomic mass is 16.4. The molecule has 0 aliphatic carbocycles. The lowest BCUT2D eigenvalue weighted by Crippen LogP contribution is -2.14. The quantitative estimate of drug-likeness (QED) is 0.744. The highest BCUT2D eigenvalue weighted by molar-refractivity contribution is 6.08. The number of hydrogen-bond donors (Lipinski definition) is 2. The van der Waals surface area contributed by atoms with E-state index >= 15 is 0 Å². The van der Waals surface area contributed by atoms with E-state index in [2.05, 4.69) is 20.4 Å². The van der Waals surface area contributed by atoms with Gasteiger partial charge >= 0.3 is 5.97 Å². The predicted molar refractivity (Wildman–Crippen MR) is 72.1 cm³/mol. The van der Waals surface area contributed by atoms with Crippen LogP contribution in [0.1, 0.15) is 20.8 Å². The molecule has 0 spiro atoms. The van der Waals surface area contributed by atoms with Crippen molar-refractivity contribution in [2.75, 3.05) is 5.32 Å². The fourth-order valence-corrected chi connectivity index (χ4v) is 1.82. The molecule has 1 amide bonds. The Morgan fingerprint density at radius 2 is 2.10 bits per heavy atom. The fraction of sp³-hybridized carbons (Fsp3) is 0. The molecule has 0 unspecified atom stereocenters. The highest BCUT2D eigenvalue weighted by Crippen LogP contribution is 2.12. The van der Waals surface area contributed by atoms with Gasteiger partial charge in [-0.3, -0.25) is 9.78 Å². The van der Waals surface area contributed by atoms with E-state index in [-0.39, 0.29) is 11.5 Å². The Balaban J connectivity index is 1.90. The van der Waals surface area contributed by atoms with Gasteiger partial charge in [0, 0.05) is 12.4 Å². The predicted octanol–water partition coefficient (Wildman–Crippen LogP) is 1.07.